The molecule has 0 radical (unpaired) electrons. The predicted octanol–water partition coefficient (Wildman–Crippen LogP) is -3.58. The maximum absolute atomic E-state index is 9.57. The molecule has 3 aliphatic rings. The van der Waals surface area contributed by atoms with E-state index in [2.05, 4.69) is 18.7 Å². The maximum Gasteiger partial charge on any atom is 0.648 e. The first-order valence-electron chi connectivity index (χ1n) is 3.48. The first kappa shape index (κ1) is 8.09. The average Bonchev–Trinajstić information content (AvgIpc) is 2.37. The van der Waals surface area contributed by atoms with Gasteiger partial charge in [-0.15, -0.1) is 0 Å². The van der Waals surface area contributed by atoms with Gasteiger partial charge < -0.3 is 34.4 Å². The molecule has 0 aromatic carbocycles. The van der Waals surface area contributed by atoms with Crippen LogP contribution in [0.5, 0.6) is 0 Å². The zero-order valence-corrected chi connectivity index (χ0v) is 6.08. The van der Waals surface area contributed by atoms with E-state index >= 15 is 0 Å². The van der Waals surface area contributed by atoms with Crippen molar-refractivity contribution in [2.24, 2.45) is 0 Å². The van der Waals surface area contributed by atoms with Gasteiger partial charge in [0, 0.05) is 0 Å². The lowest BCUT2D eigenvalue weighted by molar-refractivity contribution is -0.410. The number of rotatable bonds is 0. The Bertz CT molecular complexity index is 283. The van der Waals surface area contributed by atoms with Crippen LogP contribution < -0.4 is 0 Å². The second-order valence-corrected chi connectivity index (χ2v) is 3.03. The Labute approximate surface area is 71.4 Å². The molecule has 3 rings (SSSR count). The highest BCUT2D eigenvalue weighted by Gasteiger charge is 2.89. The van der Waals surface area contributed by atoms with Crippen LogP contribution in [0, 0.1) is 0 Å². The van der Waals surface area contributed by atoms with E-state index < -0.39 is 31.2 Å². The summed E-state index contributed by atoms with van der Waals surface area (Å²) < 4.78 is 18.0. The summed E-state index contributed by atoms with van der Waals surface area (Å²) >= 11 is 0. The van der Waals surface area contributed by atoms with E-state index in [0.717, 1.165) is 0 Å². The zero-order valence-electron chi connectivity index (χ0n) is 6.08. The molecule has 2 bridgehead atoms. The maximum atomic E-state index is 9.57. The minimum atomic E-state index is -2.62. The Kier molecular flexibility index (Phi) is 1.10. The van der Waals surface area contributed by atoms with Crippen LogP contribution in [0.1, 0.15) is 0 Å². The number of aliphatic hydroxyl groups is 4. The van der Waals surface area contributed by atoms with Gasteiger partial charge in [0.25, 0.3) is 11.6 Å². The van der Waals surface area contributed by atoms with Gasteiger partial charge in [0.1, 0.15) is 0 Å². The third-order valence-corrected chi connectivity index (χ3v) is 2.32. The lowest BCUT2D eigenvalue weighted by atomic mass is 10.1. The molecule has 0 spiro atoms. The van der Waals surface area contributed by atoms with E-state index in [1.54, 1.807) is 0 Å². The molecule has 9 heteroatoms. The van der Waals surface area contributed by atoms with Crippen molar-refractivity contribution in [3.8, 4) is 0 Å². The highest BCUT2D eigenvalue weighted by Crippen LogP contribution is 2.56. The van der Waals surface area contributed by atoms with Crippen LogP contribution in [0.3, 0.4) is 0 Å². The zero-order chi connectivity index (χ0) is 9.48. The summed E-state index contributed by atoms with van der Waals surface area (Å²) in [6.07, 6.45) is -1.95. The molecular formula is C4H5BO8. The van der Waals surface area contributed by atoms with Crippen LogP contribution in [0.4, 0.5) is 0 Å². The molecule has 0 amide bonds. The van der Waals surface area contributed by atoms with Crippen molar-refractivity contribution < 1.29 is 39.1 Å². The average molecular weight is 192 g/mol. The van der Waals surface area contributed by atoms with Crippen molar-refractivity contribution in [3.63, 3.8) is 0 Å². The van der Waals surface area contributed by atoms with E-state index in [1.807, 2.05) is 0 Å². The second-order valence-electron chi connectivity index (χ2n) is 3.03. The van der Waals surface area contributed by atoms with Gasteiger partial charge >= 0.3 is 13.3 Å². The third kappa shape index (κ3) is 0.583. The summed E-state index contributed by atoms with van der Waals surface area (Å²) in [5, 5.41) is 37.6. The smallest absolute Gasteiger partial charge is 0.363 e. The monoisotopic (exact) mass is 192 g/mol. The first-order valence-corrected chi connectivity index (χ1v) is 3.48. The van der Waals surface area contributed by atoms with Crippen LogP contribution in [0.15, 0.2) is 0 Å². The van der Waals surface area contributed by atoms with Gasteiger partial charge in [-0.25, -0.2) is 0 Å². The second kappa shape index (κ2) is 1.76. The van der Waals surface area contributed by atoms with Crippen LogP contribution in [-0.4, -0.2) is 51.6 Å². The molecule has 4 N–H and O–H groups in total. The SMILES string of the molecule is OC1OC2(O)OB3OC1(O)C2(O)O3. The molecule has 3 saturated heterocycles. The summed E-state index contributed by atoms with van der Waals surface area (Å²) in [4.78, 5) is 0. The predicted molar refractivity (Wildman–Crippen MR) is 31.0 cm³/mol. The fourth-order valence-corrected chi connectivity index (χ4v) is 1.60. The number of hydrogen-bond donors (Lipinski definition) is 4. The van der Waals surface area contributed by atoms with E-state index in [9.17, 15) is 15.3 Å². The van der Waals surface area contributed by atoms with E-state index in [-0.39, 0.29) is 0 Å². The Morgan fingerprint density at radius 3 is 2.23 bits per heavy atom. The van der Waals surface area contributed by atoms with Crippen molar-refractivity contribution in [2.45, 2.75) is 23.8 Å². The third-order valence-electron chi connectivity index (χ3n) is 2.32. The van der Waals surface area contributed by atoms with Crippen molar-refractivity contribution in [2.75, 3.05) is 0 Å². The molecule has 0 saturated carbocycles. The number of fused-ring (bicyclic) bond motifs is 1. The quantitative estimate of drug-likeness (QED) is 0.291. The van der Waals surface area contributed by atoms with Crippen molar-refractivity contribution in [3.05, 3.63) is 0 Å². The summed E-state index contributed by atoms with van der Waals surface area (Å²) in [6.45, 7) is 0. The number of hydrogen-bond acceptors (Lipinski definition) is 8. The standard InChI is InChI=1S/C4H5BO8/c6-1-2(7)3(8)4(9,10-1)13-5(11-2)12-3/h1,6-9H. The van der Waals surface area contributed by atoms with E-state index in [0.29, 0.717) is 0 Å². The molecule has 4 atom stereocenters. The van der Waals surface area contributed by atoms with Gasteiger partial charge in [0.05, 0.1) is 0 Å². The highest BCUT2D eigenvalue weighted by molar-refractivity contribution is 6.38. The van der Waals surface area contributed by atoms with Crippen LogP contribution in [0.25, 0.3) is 0 Å². The van der Waals surface area contributed by atoms with Gasteiger partial charge in [0.2, 0.25) is 6.29 Å². The number of aliphatic hydroxyl groups excluding tert-OH is 1. The fourth-order valence-electron chi connectivity index (χ4n) is 1.60. The molecule has 0 aliphatic carbocycles. The molecule has 0 aromatic heterocycles. The summed E-state index contributed by atoms with van der Waals surface area (Å²) in [5.41, 5.74) is 0. The van der Waals surface area contributed by atoms with E-state index in [4.69, 9.17) is 5.11 Å². The van der Waals surface area contributed by atoms with Gasteiger partial charge in [-0.05, 0) is 0 Å². The molecule has 13 heavy (non-hydrogen) atoms. The Balaban J connectivity index is 2.18. The molecular weight excluding hydrogens is 187 g/mol. The Morgan fingerprint density at radius 2 is 1.77 bits per heavy atom. The highest BCUT2D eigenvalue weighted by atomic mass is 17.0. The minimum absolute atomic E-state index is 1.46. The topological polar surface area (TPSA) is 118 Å². The lowest BCUT2D eigenvalue weighted by Crippen LogP contribution is -2.63. The minimum Gasteiger partial charge on any atom is -0.363 e. The van der Waals surface area contributed by atoms with Gasteiger partial charge in [-0.1, -0.05) is 0 Å². The van der Waals surface area contributed by atoms with Crippen LogP contribution in [-0.2, 0) is 18.7 Å². The summed E-state index contributed by atoms with van der Waals surface area (Å²) in [6, 6.07) is 0. The first-order chi connectivity index (χ1) is 5.91. The van der Waals surface area contributed by atoms with Crippen molar-refractivity contribution in [1.29, 1.82) is 0 Å². The van der Waals surface area contributed by atoms with Gasteiger partial charge in [-0.3, -0.25) is 4.74 Å². The lowest BCUT2D eigenvalue weighted by Gasteiger charge is -2.33. The molecule has 3 fully saturated rings. The Morgan fingerprint density at radius 1 is 1.08 bits per heavy atom. The van der Waals surface area contributed by atoms with E-state index in [1.165, 1.54) is 0 Å². The molecule has 4 unspecified atom stereocenters. The van der Waals surface area contributed by atoms with Gasteiger partial charge in [-0.2, -0.15) is 0 Å². The molecule has 72 valence electrons. The van der Waals surface area contributed by atoms with Crippen molar-refractivity contribution >= 4 is 7.32 Å². The summed E-state index contributed by atoms with van der Waals surface area (Å²) in [5.74, 6) is -7.74. The fraction of sp³-hybridized carbons (Fsp3) is 1.00. The van der Waals surface area contributed by atoms with Crippen LogP contribution >= 0.6 is 0 Å². The van der Waals surface area contributed by atoms with Crippen molar-refractivity contribution in [1.82, 2.24) is 0 Å². The van der Waals surface area contributed by atoms with Gasteiger partial charge in [0.15, 0.2) is 0 Å². The molecule has 8 nitrogen and oxygen atoms in total. The molecule has 3 aliphatic heterocycles. The molecule has 0 aromatic rings. The van der Waals surface area contributed by atoms with Crippen LogP contribution in [0.2, 0.25) is 0 Å². The number of ether oxygens (including phenoxy) is 1. The normalized spacial score (nSPS) is 63.7. The largest absolute Gasteiger partial charge is 0.648 e. The Hall–Kier alpha value is -0.255. The summed E-state index contributed by atoms with van der Waals surface area (Å²) in [7, 11) is -1.46. The molecule has 3 heterocycles.